The third-order valence-electron chi connectivity index (χ3n) is 3.25. The van der Waals surface area contributed by atoms with E-state index in [1.807, 2.05) is 6.92 Å². The van der Waals surface area contributed by atoms with Gasteiger partial charge in [-0.15, -0.1) is 0 Å². The molecule has 3 nitrogen and oxygen atoms in total. The van der Waals surface area contributed by atoms with Gasteiger partial charge in [0.05, 0.1) is 11.7 Å². The van der Waals surface area contributed by atoms with Crippen molar-refractivity contribution in [3.8, 4) is 0 Å². The van der Waals surface area contributed by atoms with Crippen molar-refractivity contribution in [2.24, 2.45) is 0 Å². The molecule has 1 aliphatic heterocycles. The molecule has 1 unspecified atom stereocenters. The van der Waals surface area contributed by atoms with E-state index in [1.54, 1.807) is 0 Å². The van der Waals surface area contributed by atoms with Gasteiger partial charge in [0.25, 0.3) is 5.91 Å². The first-order chi connectivity index (χ1) is 9.13. The van der Waals surface area contributed by atoms with Crippen LogP contribution in [0.4, 0.5) is 8.78 Å². The number of hydrogen-bond donors (Lipinski definition) is 0. The van der Waals surface area contributed by atoms with Gasteiger partial charge in [-0.3, -0.25) is 4.79 Å². The van der Waals surface area contributed by atoms with Crippen molar-refractivity contribution in [2.45, 2.75) is 25.9 Å². The van der Waals surface area contributed by atoms with Crippen LogP contribution < -0.4 is 0 Å². The van der Waals surface area contributed by atoms with Gasteiger partial charge in [-0.2, -0.15) is 0 Å². The summed E-state index contributed by atoms with van der Waals surface area (Å²) in [5.41, 5.74) is -0.211. The highest BCUT2D eigenvalue weighted by Crippen LogP contribution is 2.18. The normalized spacial score (nSPS) is 19.5. The van der Waals surface area contributed by atoms with E-state index in [4.69, 9.17) is 4.74 Å². The number of piperidine rings is 1. The molecule has 0 aliphatic carbocycles. The predicted molar refractivity (Wildman–Crippen MR) is 66.9 cm³/mol. The highest BCUT2D eigenvalue weighted by atomic mass is 19.2. The average Bonchev–Trinajstić information content (AvgIpc) is 2.42. The van der Waals surface area contributed by atoms with Crippen molar-refractivity contribution in [3.63, 3.8) is 0 Å². The van der Waals surface area contributed by atoms with Crippen LogP contribution in [0.25, 0.3) is 0 Å². The third kappa shape index (κ3) is 3.10. The lowest BCUT2D eigenvalue weighted by molar-refractivity contribution is 0.00705. The standard InChI is InChI=1S/C14H17F2NO2/c1-2-19-10-5-4-8-17(9-10)14(18)11-6-3-7-12(15)13(11)16/h3,6-7,10H,2,4-5,8-9H2,1H3. The summed E-state index contributed by atoms with van der Waals surface area (Å²) in [4.78, 5) is 13.7. The molecular formula is C14H17F2NO2. The minimum atomic E-state index is -1.08. The topological polar surface area (TPSA) is 29.5 Å². The van der Waals surface area contributed by atoms with Crippen molar-refractivity contribution < 1.29 is 18.3 Å². The molecular weight excluding hydrogens is 252 g/mol. The van der Waals surface area contributed by atoms with Crippen LogP contribution in [0.5, 0.6) is 0 Å². The van der Waals surface area contributed by atoms with Crippen LogP contribution >= 0.6 is 0 Å². The van der Waals surface area contributed by atoms with Crippen molar-refractivity contribution in [3.05, 3.63) is 35.4 Å². The molecule has 1 atom stereocenters. The molecule has 0 saturated carbocycles. The first kappa shape index (κ1) is 13.9. The number of hydrogen-bond acceptors (Lipinski definition) is 2. The Balaban J connectivity index is 2.12. The van der Waals surface area contributed by atoms with E-state index in [0.29, 0.717) is 19.7 Å². The van der Waals surface area contributed by atoms with E-state index in [1.165, 1.54) is 17.0 Å². The molecule has 104 valence electrons. The SMILES string of the molecule is CCOC1CCCN(C(=O)c2cccc(F)c2F)C1. The maximum Gasteiger partial charge on any atom is 0.257 e. The molecule has 0 N–H and O–H groups in total. The maximum absolute atomic E-state index is 13.6. The lowest BCUT2D eigenvalue weighted by Crippen LogP contribution is -2.43. The van der Waals surface area contributed by atoms with Gasteiger partial charge in [0.1, 0.15) is 0 Å². The summed E-state index contributed by atoms with van der Waals surface area (Å²) in [7, 11) is 0. The molecule has 2 rings (SSSR count). The van der Waals surface area contributed by atoms with Gasteiger partial charge in [0.2, 0.25) is 0 Å². The number of carbonyl (C=O) groups is 1. The number of halogens is 2. The van der Waals surface area contributed by atoms with Gasteiger partial charge < -0.3 is 9.64 Å². The van der Waals surface area contributed by atoms with Crippen LogP contribution in [0.2, 0.25) is 0 Å². The Bertz CT molecular complexity index is 463. The molecule has 1 amide bonds. The quantitative estimate of drug-likeness (QED) is 0.844. The number of carbonyl (C=O) groups excluding carboxylic acids is 1. The second-order valence-electron chi connectivity index (χ2n) is 4.57. The van der Waals surface area contributed by atoms with E-state index < -0.39 is 17.5 Å². The largest absolute Gasteiger partial charge is 0.377 e. The minimum absolute atomic E-state index is 0.0145. The summed E-state index contributed by atoms with van der Waals surface area (Å²) in [5.74, 6) is -2.54. The summed E-state index contributed by atoms with van der Waals surface area (Å²) in [6, 6.07) is 3.66. The second-order valence-corrected chi connectivity index (χ2v) is 4.57. The first-order valence-electron chi connectivity index (χ1n) is 6.48. The Morgan fingerprint density at radius 3 is 3.00 bits per heavy atom. The molecule has 5 heteroatoms. The lowest BCUT2D eigenvalue weighted by Gasteiger charge is -2.32. The van der Waals surface area contributed by atoms with Crippen LogP contribution in [0.3, 0.4) is 0 Å². The molecule has 1 aliphatic rings. The molecule has 1 aromatic carbocycles. The Labute approximate surface area is 111 Å². The Kier molecular flexibility index (Phi) is 4.47. The second kappa shape index (κ2) is 6.10. The van der Waals surface area contributed by atoms with E-state index in [2.05, 4.69) is 0 Å². The highest BCUT2D eigenvalue weighted by molar-refractivity contribution is 5.94. The number of rotatable bonds is 3. The maximum atomic E-state index is 13.6. The van der Waals surface area contributed by atoms with Crippen molar-refractivity contribution in [1.82, 2.24) is 4.90 Å². The zero-order valence-electron chi connectivity index (χ0n) is 10.9. The minimum Gasteiger partial charge on any atom is -0.377 e. The zero-order valence-corrected chi connectivity index (χ0v) is 10.9. The molecule has 1 saturated heterocycles. The number of benzene rings is 1. The van der Waals surface area contributed by atoms with Gasteiger partial charge in [-0.25, -0.2) is 8.78 Å². The molecule has 1 aromatic rings. The van der Waals surface area contributed by atoms with Crippen LogP contribution in [-0.4, -0.2) is 36.6 Å². The highest BCUT2D eigenvalue weighted by Gasteiger charge is 2.26. The van der Waals surface area contributed by atoms with E-state index >= 15 is 0 Å². The Morgan fingerprint density at radius 1 is 1.47 bits per heavy atom. The molecule has 1 heterocycles. The summed E-state index contributed by atoms with van der Waals surface area (Å²) in [6.45, 7) is 3.47. The zero-order chi connectivity index (χ0) is 13.8. The number of ether oxygens (including phenoxy) is 1. The van der Waals surface area contributed by atoms with E-state index in [9.17, 15) is 13.6 Å². The van der Waals surface area contributed by atoms with E-state index in [-0.39, 0.29) is 11.7 Å². The fourth-order valence-corrected chi connectivity index (χ4v) is 2.33. The first-order valence-corrected chi connectivity index (χ1v) is 6.48. The number of likely N-dealkylation sites (tertiary alicyclic amines) is 1. The van der Waals surface area contributed by atoms with Gasteiger partial charge in [0, 0.05) is 19.7 Å². The lowest BCUT2D eigenvalue weighted by atomic mass is 10.1. The Hall–Kier alpha value is -1.49. The number of amides is 1. The van der Waals surface area contributed by atoms with Gasteiger partial charge in [0.15, 0.2) is 11.6 Å². The molecule has 0 bridgehead atoms. The number of nitrogens with zero attached hydrogens (tertiary/aromatic N) is 1. The molecule has 0 aromatic heterocycles. The van der Waals surface area contributed by atoms with Crippen molar-refractivity contribution >= 4 is 5.91 Å². The summed E-state index contributed by atoms with van der Waals surface area (Å²) >= 11 is 0. The Morgan fingerprint density at radius 2 is 2.26 bits per heavy atom. The van der Waals surface area contributed by atoms with Crippen LogP contribution in [0.1, 0.15) is 30.1 Å². The fourth-order valence-electron chi connectivity index (χ4n) is 2.33. The summed E-state index contributed by atoms with van der Waals surface area (Å²) in [5, 5.41) is 0. The van der Waals surface area contributed by atoms with Crippen molar-refractivity contribution in [1.29, 1.82) is 0 Å². The third-order valence-corrected chi connectivity index (χ3v) is 3.25. The van der Waals surface area contributed by atoms with Crippen molar-refractivity contribution in [2.75, 3.05) is 19.7 Å². The van der Waals surface area contributed by atoms with Crippen LogP contribution in [0, 0.1) is 11.6 Å². The van der Waals surface area contributed by atoms with Gasteiger partial charge in [-0.05, 0) is 31.9 Å². The van der Waals surface area contributed by atoms with Gasteiger partial charge >= 0.3 is 0 Å². The fraction of sp³-hybridized carbons (Fsp3) is 0.500. The van der Waals surface area contributed by atoms with Crippen LogP contribution in [0.15, 0.2) is 18.2 Å². The molecule has 1 fully saturated rings. The van der Waals surface area contributed by atoms with Crippen LogP contribution in [-0.2, 0) is 4.74 Å². The average molecular weight is 269 g/mol. The molecule has 19 heavy (non-hydrogen) atoms. The van der Waals surface area contributed by atoms with Gasteiger partial charge in [-0.1, -0.05) is 6.07 Å². The monoisotopic (exact) mass is 269 g/mol. The summed E-state index contributed by atoms with van der Waals surface area (Å²) in [6.07, 6.45) is 1.69. The summed E-state index contributed by atoms with van der Waals surface area (Å²) < 4.78 is 32.2. The smallest absolute Gasteiger partial charge is 0.257 e. The van der Waals surface area contributed by atoms with E-state index in [0.717, 1.165) is 18.9 Å². The molecule has 0 radical (unpaired) electrons. The molecule has 0 spiro atoms. The predicted octanol–water partition coefficient (Wildman–Crippen LogP) is 2.61.